The summed E-state index contributed by atoms with van der Waals surface area (Å²) >= 11 is 5.99. The van der Waals surface area contributed by atoms with E-state index >= 15 is 0 Å². The minimum Gasteiger partial charge on any atom is -0.346 e. The molecule has 2 aliphatic heterocycles. The molecule has 0 saturated heterocycles. The number of H-pyrrole nitrogens is 1. The molecule has 1 atom stereocenters. The van der Waals surface area contributed by atoms with Crippen molar-refractivity contribution in [1.82, 2.24) is 24.7 Å². The van der Waals surface area contributed by atoms with E-state index in [4.69, 9.17) is 11.6 Å². The lowest BCUT2D eigenvalue weighted by Crippen LogP contribution is -2.01. The molecule has 1 aromatic heterocycles. The average Bonchev–Trinajstić information content (AvgIpc) is 3.35. The molecule has 7 heteroatoms. The van der Waals surface area contributed by atoms with E-state index in [1.165, 1.54) is 6.07 Å². The van der Waals surface area contributed by atoms with Gasteiger partial charge >= 0.3 is 0 Å². The highest BCUT2D eigenvalue weighted by Crippen LogP contribution is 2.28. The van der Waals surface area contributed by atoms with E-state index in [-0.39, 0.29) is 11.7 Å². The quantitative estimate of drug-likeness (QED) is 0.512. The maximum absolute atomic E-state index is 14.0. The second-order valence-corrected chi connectivity index (χ2v) is 7.46. The molecule has 1 aromatic carbocycles. The summed E-state index contributed by atoms with van der Waals surface area (Å²) in [4.78, 5) is 8.96. The van der Waals surface area contributed by atoms with Crippen molar-refractivity contribution in [2.24, 2.45) is 0 Å². The summed E-state index contributed by atoms with van der Waals surface area (Å²) in [5.74, 6) is 0.309. The average molecular weight is 406 g/mol. The van der Waals surface area contributed by atoms with Crippen molar-refractivity contribution >= 4 is 11.6 Å². The topological polar surface area (TPSA) is 59.4 Å². The van der Waals surface area contributed by atoms with Crippen LogP contribution in [0, 0.1) is 5.82 Å². The zero-order valence-corrected chi connectivity index (χ0v) is 16.1. The third-order valence-corrected chi connectivity index (χ3v) is 5.26. The molecule has 1 unspecified atom stereocenters. The number of rotatable bonds is 4. The van der Waals surface area contributed by atoms with E-state index in [2.05, 4.69) is 32.3 Å². The molecule has 3 heterocycles. The summed E-state index contributed by atoms with van der Waals surface area (Å²) in [6.07, 6.45) is 10.7. The molecule has 0 spiro atoms. The van der Waals surface area contributed by atoms with Crippen molar-refractivity contribution in [1.29, 1.82) is 0 Å². The SMILES string of the molecule is Fc1ccccc1-c1nc2ccn(Cc3cc(C4C=CC(Cl)=CC4)n[nH]3)cc-2n1. The number of fused-ring (bicyclic) bond motifs is 1. The normalized spacial score (nSPS) is 16.3. The first-order valence-corrected chi connectivity index (χ1v) is 9.70. The fourth-order valence-electron chi connectivity index (χ4n) is 3.47. The van der Waals surface area contributed by atoms with Crippen molar-refractivity contribution in [3.63, 3.8) is 0 Å². The zero-order valence-electron chi connectivity index (χ0n) is 15.4. The van der Waals surface area contributed by atoms with Gasteiger partial charge in [0.15, 0.2) is 5.82 Å². The lowest BCUT2D eigenvalue weighted by molar-refractivity contribution is 0.630. The molecule has 5 nitrogen and oxygen atoms in total. The van der Waals surface area contributed by atoms with Crippen LogP contribution in [-0.2, 0) is 6.54 Å². The van der Waals surface area contributed by atoms with E-state index < -0.39 is 0 Å². The maximum Gasteiger partial charge on any atom is 0.163 e. The predicted octanol–water partition coefficient (Wildman–Crippen LogP) is 5.13. The molecule has 1 N–H and O–H groups in total. The van der Waals surface area contributed by atoms with Crippen LogP contribution in [0.1, 0.15) is 23.7 Å². The van der Waals surface area contributed by atoms with Gasteiger partial charge < -0.3 is 4.57 Å². The number of pyridine rings is 1. The van der Waals surface area contributed by atoms with Gasteiger partial charge in [0, 0.05) is 23.3 Å². The van der Waals surface area contributed by atoms with Crippen LogP contribution in [0.4, 0.5) is 4.39 Å². The number of hydrogen-bond donors (Lipinski definition) is 1. The number of halogens is 2. The molecule has 0 amide bonds. The summed E-state index contributed by atoms with van der Waals surface area (Å²) in [5, 5.41) is 8.32. The van der Waals surface area contributed by atoms with Gasteiger partial charge in [-0.25, -0.2) is 14.4 Å². The van der Waals surface area contributed by atoms with Crippen molar-refractivity contribution in [3.05, 3.63) is 89.3 Å². The van der Waals surface area contributed by atoms with Crippen LogP contribution >= 0.6 is 11.6 Å². The molecule has 5 rings (SSSR count). The second kappa shape index (κ2) is 7.29. The third-order valence-electron chi connectivity index (χ3n) is 4.98. The number of hydrogen-bond acceptors (Lipinski definition) is 3. The van der Waals surface area contributed by atoms with Gasteiger partial charge in [-0.2, -0.15) is 5.10 Å². The first kappa shape index (κ1) is 17.8. The molecule has 3 aliphatic rings. The van der Waals surface area contributed by atoms with Gasteiger partial charge in [0.1, 0.15) is 11.5 Å². The van der Waals surface area contributed by atoms with E-state index in [1.807, 2.05) is 35.2 Å². The Balaban J connectivity index is 1.37. The van der Waals surface area contributed by atoms with Gasteiger partial charge in [0.2, 0.25) is 0 Å². The number of benzene rings is 1. The second-order valence-electron chi connectivity index (χ2n) is 7.02. The van der Waals surface area contributed by atoms with Gasteiger partial charge in [-0.15, -0.1) is 0 Å². The number of allylic oxidation sites excluding steroid dienone is 4. The van der Waals surface area contributed by atoms with Crippen molar-refractivity contribution in [2.75, 3.05) is 0 Å². The molecule has 29 heavy (non-hydrogen) atoms. The van der Waals surface area contributed by atoms with Crippen LogP contribution in [0.25, 0.3) is 22.8 Å². The Labute approximate surface area is 171 Å². The summed E-state index contributed by atoms with van der Waals surface area (Å²) in [7, 11) is 0. The van der Waals surface area contributed by atoms with Crippen molar-refractivity contribution in [3.8, 4) is 22.8 Å². The molecule has 0 radical (unpaired) electrons. The van der Waals surface area contributed by atoms with Crippen molar-refractivity contribution in [2.45, 2.75) is 18.9 Å². The highest BCUT2D eigenvalue weighted by molar-refractivity contribution is 6.31. The molecule has 2 aromatic rings. The standard InChI is InChI=1S/C22H17ClFN5/c23-15-7-5-14(6-8-15)20-11-16(27-28-20)12-29-10-9-19-21(13-29)26-22(25-19)17-3-1-2-4-18(17)24/h1-5,7-11,13-14H,6,12H2,(H,27,28). The van der Waals surface area contributed by atoms with Crippen LogP contribution < -0.4 is 0 Å². The zero-order chi connectivity index (χ0) is 19.8. The number of aromatic nitrogens is 5. The van der Waals surface area contributed by atoms with E-state index in [0.29, 0.717) is 17.9 Å². The number of imidazole rings is 1. The molecular formula is C22H17ClFN5. The van der Waals surface area contributed by atoms with E-state index in [9.17, 15) is 4.39 Å². The lowest BCUT2D eigenvalue weighted by atomic mass is 9.97. The number of nitrogens with one attached hydrogen (secondary N) is 1. The molecule has 0 bridgehead atoms. The first-order valence-electron chi connectivity index (χ1n) is 9.32. The Kier molecular flexibility index (Phi) is 4.48. The molecular weight excluding hydrogens is 389 g/mol. The van der Waals surface area contributed by atoms with Crippen molar-refractivity contribution < 1.29 is 4.39 Å². The third kappa shape index (κ3) is 3.59. The summed E-state index contributed by atoms with van der Waals surface area (Å²) in [6, 6.07) is 10.5. The van der Waals surface area contributed by atoms with Crippen LogP contribution in [0.3, 0.4) is 0 Å². The minimum absolute atomic E-state index is 0.235. The van der Waals surface area contributed by atoms with Gasteiger partial charge in [-0.05, 0) is 36.8 Å². The van der Waals surface area contributed by atoms with Crippen LogP contribution in [-0.4, -0.2) is 24.7 Å². The Hall–Kier alpha value is -3.25. The number of nitrogens with zero attached hydrogens (tertiary/aromatic N) is 4. The monoisotopic (exact) mass is 405 g/mol. The van der Waals surface area contributed by atoms with E-state index in [1.54, 1.807) is 18.2 Å². The fourth-order valence-corrected chi connectivity index (χ4v) is 3.64. The lowest BCUT2D eigenvalue weighted by Gasteiger charge is -2.10. The summed E-state index contributed by atoms with van der Waals surface area (Å²) in [5.41, 5.74) is 3.85. The van der Waals surface area contributed by atoms with Gasteiger partial charge in [0.05, 0.1) is 29.2 Å². The van der Waals surface area contributed by atoms with Crippen LogP contribution in [0.15, 0.2) is 72.1 Å². The Bertz CT molecular complexity index is 1210. The Morgan fingerprint density at radius 1 is 1.17 bits per heavy atom. The summed E-state index contributed by atoms with van der Waals surface area (Å²) in [6.45, 7) is 0.623. The predicted molar refractivity (Wildman–Crippen MR) is 110 cm³/mol. The van der Waals surface area contributed by atoms with Crippen LogP contribution in [0.5, 0.6) is 0 Å². The van der Waals surface area contributed by atoms with Gasteiger partial charge in [-0.3, -0.25) is 5.10 Å². The molecule has 144 valence electrons. The first-order chi connectivity index (χ1) is 14.2. The molecule has 0 fully saturated rings. The highest BCUT2D eigenvalue weighted by Gasteiger charge is 2.16. The minimum atomic E-state index is -0.325. The maximum atomic E-state index is 14.0. The largest absolute Gasteiger partial charge is 0.346 e. The van der Waals surface area contributed by atoms with Gasteiger partial charge in [-0.1, -0.05) is 35.9 Å². The Morgan fingerprint density at radius 3 is 2.86 bits per heavy atom. The van der Waals surface area contributed by atoms with E-state index in [0.717, 1.165) is 34.2 Å². The smallest absolute Gasteiger partial charge is 0.163 e. The Morgan fingerprint density at radius 2 is 2.03 bits per heavy atom. The van der Waals surface area contributed by atoms with Crippen LogP contribution in [0.2, 0.25) is 0 Å². The number of aromatic amines is 1. The fraction of sp³-hybridized carbons (Fsp3) is 0.136. The highest BCUT2D eigenvalue weighted by atomic mass is 35.5. The molecule has 0 saturated carbocycles. The van der Waals surface area contributed by atoms with Gasteiger partial charge in [0.25, 0.3) is 0 Å². The molecule has 1 aliphatic carbocycles. The summed E-state index contributed by atoms with van der Waals surface area (Å²) < 4.78 is 16.0.